The van der Waals surface area contributed by atoms with Crippen LogP contribution in [0.5, 0.6) is 5.75 Å². The molecule has 0 unspecified atom stereocenters. The van der Waals surface area contributed by atoms with E-state index in [4.69, 9.17) is 4.74 Å². The Bertz CT molecular complexity index is 1090. The number of hydrogen-bond acceptors (Lipinski definition) is 6. The second kappa shape index (κ2) is 9.82. The van der Waals surface area contributed by atoms with Crippen LogP contribution in [0.25, 0.3) is 0 Å². The average Bonchev–Trinajstić information content (AvgIpc) is 3.25. The van der Waals surface area contributed by atoms with Gasteiger partial charge in [0.2, 0.25) is 0 Å². The number of ether oxygens (including phenoxy) is 1. The number of carbonyl (C=O) groups is 2. The van der Waals surface area contributed by atoms with Gasteiger partial charge in [-0.05, 0) is 55.1 Å². The molecule has 3 aromatic rings. The molecule has 32 heavy (non-hydrogen) atoms. The van der Waals surface area contributed by atoms with Gasteiger partial charge in [-0.3, -0.25) is 9.59 Å². The number of piperazine rings is 1. The molecule has 0 aliphatic carbocycles. The van der Waals surface area contributed by atoms with E-state index in [2.05, 4.69) is 15.2 Å². The minimum atomic E-state index is -0.236. The molecule has 4 rings (SSSR count). The fourth-order valence-corrected chi connectivity index (χ4v) is 4.55. The van der Waals surface area contributed by atoms with E-state index in [1.54, 1.807) is 18.3 Å². The van der Waals surface area contributed by atoms with E-state index in [1.165, 1.54) is 11.3 Å². The Morgan fingerprint density at radius 2 is 1.88 bits per heavy atom. The molecular formula is C24H26N4O3S. The number of nitrogens with one attached hydrogen (secondary N) is 1. The Balaban J connectivity index is 1.35. The monoisotopic (exact) mass is 450 g/mol. The minimum absolute atomic E-state index is 0.107. The number of anilines is 2. The van der Waals surface area contributed by atoms with Gasteiger partial charge in [-0.15, -0.1) is 11.3 Å². The standard InChI is InChI=1S/C24H26N4O3S/c1-3-31-20-7-5-4-6-19(20)23(29)26-18-8-9-21(25-16-18)27-11-13-28(14-12-27)24(30)22-17(2)10-15-32-22/h4-10,15-16H,3,11-14H2,1-2H3,(H,26,29). The molecule has 1 N–H and O–H groups in total. The van der Waals surface area contributed by atoms with Gasteiger partial charge in [-0.1, -0.05) is 12.1 Å². The van der Waals surface area contributed by atoms with Crippen LogP contribution in [0, 0.1) is 6.92 Å². The normalized spacial score (nSPS) is 13.7. The van der Waals surface area contributed by atoms with Crippen molar-refractivity contribution >= 4 is 34.7 Å². The molecule has 1 saturated heterocycles. The molecule has 0 saturated carbocycles. The fourth-order valence-electron chi connectivity index (χ4n) is 3.66. The van der Waals surface area contributed by atoms with Gasteiger partial charge in [0.05, 0.1) is 28.9 Å². The van der Waals surface area contributed by atoms with E-state index < -0.39 is 0 Å². The van der Waals surface area contributed by atoms with Crippen molar-refractivity contribution in [2.24, 2.45) is 0 Å². The lowest BCUT2D eigenvalue weighted by Gasteiger charge is -2.35. The number of para-hydroxylation sites is 1. The highest BCUT2D eigenvalue weighted by Crippen LogP contribution is 2.22. The number of pyridine rings is 1. The van der Waals surface area contributed by atoms with Crippen LogP contribution in [0.15, 0.2) is 54.0 Å². The van der Waals surface area contributed by atoms with Gasteiger partial charge in [0.15, 0.2) is 0 Å². The van der Waals surface area contributed by atoms with Gasteiger partial charge in [0, 0.05) is 26.2 Å². The van der Waals surface area contributed by atoms with Crippen LogP contribution in [0.1, 0.15) is 32.5 Å². The first kappa shape index (κ1) is 21.8. The summed E-state index contributed by atoms with van der Waals surface area (Å²) >= 11 is 1.50. The summed E-state index contributed by atoms with van der Waals surface area (Å²) in [7, 11) is 0. The molecule has 1 aliphatic rings. The Morgan fingerprint density at radius 1 is 1.09 bits per heavy atom. The quantitative estimate of drug-likeness (QED) is 0.613. The highest BCUT2D eigenvalue weighted by Gasteiger charge is 2.24. The summed E-state index contributed by atoms with van der Waals surface area (Å²) in [4.78, 5) is 34.8. The smallest absolute Gasteiger partial charge is 0.264 e. The summed E-state index contributed by atoms with van der Waals surface area (Å²) in [6, 6.07) is 12.9. The lowest BCUT2D eigenvalue weighted by molar-refractivity contribution is 0.0750. The van der Waals surface area contributed by atoms with Gasteiger partial charge in [0.25, 0.3) is 11.8 Å². The summed E-state index contributed by atoms with van der Waals surface area (Å²) in [5.41, 5.74) is 2.14. The van der Waals surface area contributed by atoms with Crippen LogP contribution >= 0.6 is 11.3 Å². The zero-order chi connectivity index (χ0) is 22.5. The van der Waals surface area contributed by atoms with Gasteiger partial charge in [-0.2, -0.15) is 0 Å². The predicted octanol–water partition coefficient (Wildman–Crippen LogP) is 4.06. The van der Waals surface area contributed by atoms with E-state index in [9.17, 15) is 9.59 Å². The Morgan fingerprint density at radius 3 is 2.53 bits per heavy atom. The van der Waals surface area contributed by atoms with Gasteiger partial charge < -0.3 is 19.9 Å². The second-order valence-corrected chi connectivity index (χ2v) is 8.42. The lowest BCUT2D eigenvalue weighted by Crippen LogP contribution is -2.49. The molecule has 1 aliphatic heterocycles. The third kappa shape index (κ3) is 4.75. The third-order valence-electron chi connectivity index (χ3n) is 5.38. The summed E-state index contributed by atoms with van der Waals surface area (Å²) in [6.45, 7) is 7.10. The molecular weight excluding hydrogens is 424 g/mol. The highest BCUT2D eigenvalue weighted by molar-refractivity contribution is 7.12. The van der Waals surface area contributed by atoms with Crippen molar-refractivity contribution in [3.63, 3.8) is 0 Å². The van der Waals surface area contributed by atoms with Crippen molar-refractivity contribution in [3.8, 4) is 5.75 Å². The molecule has 2 aromatic heterocycles. The fraction of sp³-hybridized carbons (Fsp3) is 0.292. The summed E-state index contributed by atoms with van der Waals surface area (Å²) in [5, 5.41) is 4.84. The zero-order valence-electron chi connectivity index (χ0n) is 18.2. The maximum absolute atomic E-state index is 12.7. The van der Waals surface area contributed by atoms with E-state index in [-0.39, 0.29) is 11.8 Å². The van der Waals surface area contributed by atoms with Crippen LogP contribution in [-0.2, 0) is 0 Å². The third-order valence-corrected chi connectivity index (χ3v) is 6.39. The number of aromatic nitrogens is 1. The van der Waals surface area contributed by atoms with E-state index >= 15 is 0 Å². The van der Waals surface area contributed by atoms with Crippen molar-refractivity contribution in [1.29, 1.82) is 0 Å². The van der Waals surface area contributed by atoms with E-state index in [0.717, 1.165) is 29.3 Å². The molecule has 8 heteroatoms. The van der Waals surface area contributed by atoms with E-state index in [0.29, 0.717) is 36.7 Å². The number of carbonyl (C=O) groups excluding carboxylic acids is 2. The number of aryl methyl sites for hydroxylation is 1. The maximum Gasteiger partial charge on any atom is 0.264 e. The second-order valence-electron chi connectivity index (χ2n) is 7.50. The molecule has 0 spiro atoms. The van der Waals surface area contributed by atoms with Crippen molar-refractivity contribution in [3.05, 3.63) is 70.0 Å². The first-order chi connectivity index (χ1) is 15.6. The molecule has 0 atom stereocenters. The minimum Gasteiger partial charge on any atom is -0.493 e. The molecule has 0 bridgehead atoms. The van der Waals surface area contributed by atoms with Crippen LogP contribution in [-0.4, -0.2) is 54.5 Å². The topological polar surface area (TPSA) is 74.8 Å². The largest absolute Gasteiger partial charge is 0.493 e. The summed E-state index contributed by atoms with van der Waals surface area (Å²) < 4.78 is 5.54. The maximum atomic E-state index is 12.7. The van der Waals surface area contributed by atoms with Crippen molar-refractivity contribution in [2.45, 2.75) is 13.8 Å². The lowest BCUT2D eigenvalue weighted by atomic mass is 10.2. The molecule has 7 nitrogen and oxygen atoms in total. The summed E-state index contributed by atoms with van der Waals surface area (Å²) in [5.74, 6) is 1.26. The first-order valence-electron chi connectivity index (χ1n) is 10.6. The Labute approximate surface area is 191 Å². The number of nitrogens with zero attached hydrogens (tertiary/aromatic N) is 3. The summed E-state index contributed by atoms with van der Waals surface area (Å²) in [6.07, 6.45) is 1.66. The highest BCUT2D eigenvalue weighted by atomic mass is 32.1. The number of amides is 2. The number of hydrogen-bond donors (Lipinski definition) is 1. The molecule has 166 valence electrons. The number of thiophene rings is 1. The first-order valence-corrected chi connectivity index (χ1v) is 11.5. The van der Waals surface area contributed by atoms with Crippen molar-refractivity contribution < 1.29 is 14.3 Å². The number of rotatable bonds is 6. The van der Waals surface area contributed by atoms with Crippen LogP contribution < -0.4 is 15.0 Å². The molecule has 1 aromatic carbocycles. The average molecular weight is 451 g/mol. The van der Waals surface area contributed by atoms with Crippen molar-refractivity contribution in [2.75, 3.05) is 43.0 Å². The predicted molar refractivity (Wildman–Crippen MR) is 127 cm³/mol. The molecule has 1 fully saturated rings. The number of benzene rings is 1. The molecule has 0 radical (unpaired) electrons. The molecule has 2 amide bonds. The van der Waals surface area contributed by atoms with Crippen LogP contribution in [0.3, 0.4) is 0 Å². The zero-order valence-corrected chi connectivity index (χ0v) is 19.0. The van der Waals surface area contributed by atoms with Gasteiger partial charge in [-0.25, -0.2) is 4.98 Å². The van der Waals surface area contributed by atoms with Gasteiger partial charge in [0.1, 0.15) is 11.6 Å². The SMILES string of the molecule is CCOc1ccccc1C(=O)Nc1ccc(N2CCN(C(=O)c3sccc3C)CC2)nc1. The Hall–Kier alpha value is -3.39. The van der Waals surface area contributed by atoms with Crippen molar-refractivity contribution in [1.82, 2.24) is 9.88 Å². The van der Waals surface area contributed by atoms with Gasteiger partial charge >= 0.3 is 0 Å². The van der Waals surface area contributed by atoms with Crippen LogP contribution in [0.2, 0.25) is 0 Å². The Kier molecular flexibility index (Phi) is 6.70. The van der Waals surface area contributed by atoms with Crippen LogP contribution in [0.4, 0.5) is 11.5 Å². The van der Waals surface area contributed by atoms with E-state index in [1.807, 2.05) is 54.5 Å². The molecule has 3 heterocycles.